The van der Waals surface area contributed by atoms with E-state index in [9.17, 15) is 8.42 Å². The highest BCUT2D eigenvalue weighted by atomic mass is 32.2. The number of sulfonamides is 1. The molecule has 6 heteroatoms. The molecule has 1 aromatic heterocycles. The fourth-order valence-corrected chi connectivity index (χ4v) is 3.97. The second kappa shape index (κ2) is 5.48. The van der Waals surface area contributed by atoms with Crippen molar-refractivity contribution in [2.24, 2.45) is 0 Å². The van der Waals surface area contributed by atoms with Crippen LogP contribution >= 0.6 is 11.3 Å². The topological polar surface area (TPSA) is 58.2 Å². The molecule has 0 bridgehead atoms. The predicted molar refractivity (Wildman–Crippen MR) is 71.8 cm³/mol. The Balaban J connectivity index is 2.89. The van der Waals surface area contributed by atoms with Gasteiger partial charge in [0.2, 0.25) is 0 Å². The SMILES string of the molecule is CCC(C)(C)NS(=O)(=O)c1cc(CNC)cs1. The van der Waals surface area contributed by atoms with Crippen molar-refractivity contribution >= 4 is 21.4 Å². The average Bonchev–Trinajstić information content (AvgIpc) is 2.66. The van der Waals surface area contributed by atoms with Gasteiger partial charge in [0.25, 0.3) is 10.0 Å². The maximum absolute atomic E-state index is 12.1. The predicted octanol–water partition coefficient (Wildman–Crippen LogP) is 1.93. The summed E-state index contributed by atoms with van der Waals surface area (Å²) in [6.45, 7) is 6.41. The highest BCUT2D eigenvalue weighted by molar-refractivity contribution is 7.91. The molecule has 0 aromatic carbocycles. The molecule has 1 aromatic rings. The van der Waals surface area contributed by atoms with E-state index < -0.39 is 15.6 Å². The summed E-state index contributed by atoms with van der Waals surface area (Å²) in [6.07, 6.45) is 0.751. The molecule has 2 N–H and O–H groups in total. The van der Waals surface area contributed by atoms with Crippen LogP contribution in [0.1, 0.15) is 32.8 Å². The minimum Gasteiger partial charge on any atom is -0.316 e. The van der Waals surface area contributed by atoms with E-state index >= 15 is 0 Å². The van der Waals surface area contributed by atoms with Crippen molar-refractivity contribution in [3.8, 4) is 0 Å². The zero-order chi connectivity index (χ0) is 13.1. The third-order valence-corrected chi connectivity index (χ3v) is 5.76. The van der Waals surface area contributed by atoms with Crippen molar-refractivity contribution in [3.05, 3.63) is 17.0 Å². The van der Waals surface area contributed by atoms with Crippen LogP contribution in [0.25, 0.3) is 0 Å². The van der Waals surface area contributed by atoms with Crippen LogP contribution < -0.4 is 10.0 Å². The molecule has 0 aliphatic rings. The first-order valence-electron chi connectivity index (χ1n) is 5.57. The summed E-state index contributed by atoms with van der Waals surface area (Å²) >= 11 is 1.26. The second-order valence-corrected chi connectivity index (χ2v) is 7.47. The van der Waals surface area contributed by atoms with Crippen LogP contribution in [-0.4, -0.2) is 21.0 Å². The van der Waals surface area contributed by atoms with Gasteiger partial charge in [-0.2, -0.15) is 0 Å². The van der Waals surface area contributed by atoms with E-state index in [1.54, 1.807) is 6.07 Å². The second-order valence-electron chi connectivity index (χ2n) is 4.65. The van der Waals surface area contributed by atoms with Crippen LogP contribution in [0, 0.1) is 0 Å². The van der Waals surface area contributed by atoms with E-state index in [0.29, 0.717) is 10.8 Å². The number of thiophene rings is 1. The minimum atomic E-state index is -3.39. The van der Waals surface area contributed by atoms with Gasteiger partial charge in [-0.1, -0.05) is 6.92 Å². The molecule has 1 heterocycles. The molecule has 0 aliphatic carbocycles. The van der Waals surface area contributed by atoms with E-state index in [1.807, 2.05) is 33.2 Å². The summed E-state index contributed by atoms with van der Waals surface area (Å²) in [5, 5.41) is 4.86. The first-order chi connectivity index (χ1) is 7.80. The van der Waals surface area contributed by atoms with E-state index in [1.165, 1.54) is 11.3 Å². The Morgan fingerprint density at radius 1 is 1.41 bits per heavy atom. The summed E-state index contributed by atoms with van der Waals surface area (Å²) in [5.74, 6) is 0. The van der Waals surface area contributed by atoms with Crippen LogP contribution in [0.4, 0.5) is 0 Å². The van der Waals surface area contributed by atoms with E-state index in [4.69, 9.17) is 0 Å². The first-order valence-corrected chi connectivity index (χ1v) is 7.93. The lowest BCUT2D eigenvalue weighted by Crippen LogP contribution is -2.42. The summed E-state index contributed by atoms with van der Waals surface area (Å²) in [6, 6.07) is 1.72. The summed E-state index contributed by atoms with van der Waals surface area (Å²) in [7, 11) is -1.55. The van der Waals surface area contributed by atoms with Gasteiger partial charge >= 0.3 is 0 Å². The third kappa shape index (κ3) is 4.06. The van der Waals surface area contributed by atoms with Crippen molar-refractivity contribution in [2.45, 2.75) is 43.5 Å². The van der Waals surface area contributed by atoms with Crippen molar-refractivity contribution in [3.63, 3.8) is 0 Å². The van der Waals surface area contributed by atoms with Crippen LogP contribution in [0.2, 0.25) is 0 Å². The molecule has 0 fully saturated rings. The molecule has 0 amide bonds. The normalized spacial score (nSPS) is 12.9. The van der Waals surface area contributed by atoms with Crippen LogP contribution in [0.3, 0.4) is 0 Å². The standard InChI is InChI=1S/C11H20N2O2S2/c1-5-11(2,3)13-17(14,15)10-6-9(7-12-4)8-16-10/h6,8,12-13H,5,7H2,1-4H3. The number of nitrogens with one attached hydrogen (secondary N) is 2. The van der Waals surface area contributed by atoms with Gasteiger partial charge in [0.05, 0.1) is 0 Å². The zero-order valence-corrected chi connectivity index (χ0v) is 12.3. The molecule has 17 heavy (non-hydrogen) atoms. The maximum atomic E-state index is 12.1. The molecule has 0 saturated carbocycles. The van der Waals surface area contributed by atoms with E-state index in [-0.39, 0.29) is 0 Å². The fraction of sp³-hybridized carbons (Fsp3) is 0.636. The van der Waals surface area contributed by atoms with E-state index in [2.05, 4.69) is 10.0 Å². The Hall–Kier alpha value is -0.430. The Morgan fingerprint density at radius 2 is 2.06 bits per heavy atom. The van der Waals surface area contributed by atoms with E-state index in [0.717, 1.165) is 12.0 Å². The monoisotopic (exact) mass is 276 g/mol. The summed E-state index contributed by atoms with van der Waals surface area (Å²) in [5.41, 5.74) is 0.582. The van der Waals surface area contributed by atoms with Gasteiger partial charge in [0.1, 0.15) is 4.21 Å². The number of hydrogen-bond donors (Lipinski definition) is 2. The molecule has 98 valence electrons. The molecule has 0 unspecified atom stereocenters. The molecule has 0 spiro atoms. The van der Waals surface area contributed by atoms with Gasteiger partial charge in [0.15, 0.2) is 0 Å². The Morgan fingerprint density at radius 3 is 2.59 bits per heavy atom. The highest BCUT2D eigenvalue weighted by Gasteiger charge is 2.25. The number of hydrogen-bond acceptors (Lipinski definition) is 4. The van der Waals surface area contributed by atoms with Crippen molar-refractivity contribution in [1.29, 1.82) is 0 Å². The molecule has 0 radical (unpaired) electrons. The van der Waals surface area contributed by atoms with Crippen molar-refractivity contribution in [2.75, 3.05) is 7.05 Å². The zero-order valence-electron chi connectivity index (χ0n) is 10.7. The smallest absolute Gasteiger partial charge is 0.250 e. The lowest BCUT2D eigenvalue weighted by atomic mass is 10.0. The summed E-state index contributed by atoms with van der Waals surface area (Å²) in [4.78, 5) is 0. The molecular weight excluding hydrogens is 256 g/mol. The van der Waals surface area contributed by atoms with Crippen LogP contribution in [0.5, 0.6) is 0 Å². The molecule has 0 aliphatic heterocycles. The van der Waals surface area contributed by atoms with Gasteiger partial charge in [-0.3, -0.25) is 0 Å². The van der Waals surface area contributed by atoms with Gasteiger partial charge in [0, 0.05) is 12.1 Å². The Bertz CT molecular complexity index is 464. The van der Waals surface area contributed by atoms with Gasteiger partial charge in [-0.15, -0.1) is 11.3 Å². The molecule has 0 atom stereocenters. The first kappa shape index (κ1) is 14.6. The lowest BCUT2D eigenvalue weighted by Gasteiger charge is -2.23. The largest absolute Gasteiger partial charge is 0.316 e. The van der Waals surface area contributed by atoms with Crippen LogP contribution in [0.15, 0.2) is 15.7 Å². The lowest BCUT2D eigenvalue weighted by molar-refractivity contribution is 0.440. The van der Waals surface area contributed by atoms with Gasteiger partial charge in [-0.05, 0) is 44.3 Å². The molecule has 0 saturated heterocycles. The molecule has 1 rings (SSSR count). The number of rotatable bonds is 6. The third-order valence-electron chi connectivity index (χ3n) is 2.57. The molecular formula is C11H20N2O2S2. The minimum absolute atomic E-state index is 0.379. The summed E-state index contributed by atoms with van der Waals surface area (Å²) < 4.78 is 27.3. The van der Waals surface area contributed by atoms with Crippen molar-refractivity contribution < 1.29 is 8.42 Å². The Labute approximate surface area is 107 Å². The molecule has 4 nitrogen and oxygen atoms in total. The highest BCUT2D eigenvalue weighted by Crippen LogP contribution is 2.22. The quantitative estimate of drug-likeness (QED) is 0.835. The average molecular weight is 276 g/mol. The fourth-order valence-electron chi connectivity index (χ4n) is 1.28. The van der Waals surface area contributed by atoms with Crippen molar-refractivity contribution in [1.82, 2.24) is 10.0 Å². The van der Waals surface area contributed by atoms with Crippen LogP contribution in [-0.2, 0) is 16.6 Å². The van der Waals surface area contributed by atoms with Gasteiger partial charge in [-0.25, -0.2) is 13.1 Å². The maximum Gasteiger partial charge on any atom is 0.250 e. The van der Waals surface area contributed by atoms with Gasteiger partial charge < -0.3 is 5.32 Å². The Kier molecular flexibility index (Phi) is 4.71.